The molecule has 2 aliphatic heterocycles. The van der Waals surface area contributed by atoms with Crippen molar-refractivity contribution in [3.63, 3.8) is 0 Å². The molecule has 0 aromatic heterocycles. The SMILES string of the molecule is CCOC(=O)C1=C(C)N=C2SC=CN2[C@H]1c1ccc(OCC(=O)Nc2cc(C)cc(C)c2)c(OC)c1. The Balaban J connectivity index is 1.55. The summed E-state index contributed by atoms with van der Waals surface area (Å²) in [6.45, 7) is 7.63. The number of ether oxygens (including phenoxy) is 3. The van der Waals surface area contributed by atoms with Crippen LogP contribution in [-0.4, -0.2) is 42.3 Å². The van der Waals surface area contributed by atoms with E-state index in [1.54, 1.807) is 13.0 Å². The number of esters is 1. The number of hydrogen-bond acceptors (Lipinski definition) is 8. The number of carbonyl (C=O) groups is 2. The molecule has 0 saturated heterocycles. The average Bonchev–Trinajstić information content (AvgIpc) is 3.29. The second-order valence-electron chi connectivity index (χ2n) is 8.45. The molecule has 2 heterocycles. The zero-order chi connectivity index (χ0) is 25.8. The van der Waals surface area contributed by atoms with Gasteiger partial charge in [0, 0.05) is 11.9 Å². The molecule has 1 atom stereocenters. The fraction of sp³-hybridized carbons (Fsp3) is 0.296. The number of rotatable bonds is 8. The Bertz CT molecular complexity index is 1260. The highest BCUT2D eigenvalue weighted by atomic mass is 32.2. The number of aryl methyl sites for hydroxylation is 2. The number of allylic oxidation sites excluding steroid dienone is 1. The van der Waals surface area contributed by atoms with Crippen molar-refractivity contribution in [2.45, 2.75) is 33.7 Å². The van der Waals surface area contributed by atoms with Crippen LogP contribution >= 0.6 is 11.8 Å². The lowest BCUT2D eigenvalue weighted by Crippen LogP contribution is -2.34. The van der Waals surface area contributed by atoms with E-state index in [0.29, 0.717) is 22.8 Å². The fourth-order valence-corrected chi connectivity index (χ4v) is 5.05. The summed E-state index contributed by atoms with van der Waals surface area (Å²) >= 11 is 1.49. The lowest BCUT2D eigenvalue weighted by molar-refractivity contribution is -0.139. The van der Waals surface area contributed by atoms with Crippen LogP contribution in [-0.2, 0) is 14.3 Å². The second kappa shape index (κ2) is 10.9. The Morgan fingerprint density at radius 2 is 1.83 bits per heavy atom. The highest BCUT2D eigenvalue weighted by Crippen LogP contribution is 2.43. The first-order valence-corrected chi connectivity index (χ1v) is 12.5. The third-order valence-corrected chi connectivity index (χ3v) is 6.45. The fourth-order valence-electron chi connectivity index (χ4n) is 4.26. The van der Waals surface area contributed by atoms with Gasteiger partial charge in [0.05, 0.1) is 31.0 Å². The van der Waals surface area contributed by atoms with Crippen LogP contribution in [0.1, 0.15) is 36.6 Å². The third-order valence-electron chi connectivity index (χ3n) is 5.68. The summed E-state index contributed by atoms with van der Waals surface area (Å²) in [7, 11) is 1.54. The number of carbonyl (C=O) groups excluding carboxylic acids is 2. The van der Waals surface area contributed by atoms with Crippen LogP contribution in [0.3, 0.4) is 0 Å². The minimum Gasteiger partial charge on any atom is -0.493 e. The Kier molecular flexibility index (Phi) is 7.69. The van der Waals surface area contributed by atoms with Gasteiger partial charge in [-0.3, -0.25) is 4.79 Å². The molecular formula is C27H29N3O5S. The molecule has 1 amide bonds. The molecule has 1 N–H and O–H groups in total. The highest BCUT2D eigenvalue weighted by molar-refractivity contribution is 8.16. The number of aliphatic imine (C=N–C) groups is 1. The van der Waals surface area contributed by atoms with Gasteiger partial charge in [-0.25, -0.2) is 9.79 Å². The first kappa shape index (κ1) is 25.4. The molecule has 2 aliphatic rings. The number of amides is 1. The Morgan fingerprint density at radius 1 is 1.08 bits per heavy atom. The molecule has 0 fully saturated rings. The monoisotopic (exact) mass is 507 g/mol. The topological polar surface area (TPSA) is 89.5 Å². The summed E-state index contributed by atoms with van der Waals surface area (Å²) in [5.41, 5.74) is 4.75. The molecule has 0 unspecified atom stereocenters. The number of fused-ring (bicyclic) bond motifs is 1. The maximum Gasteiger partial charge on any atom is 0.338 e. The molecule has 188 valence electrons. The van der Waals surface area contributed by atoms with Crippen molar-refractivity contribution in [3.8, 4) is 11.5 Å². The molecule has 0 spiro atoms. The van der Waals surface area contributed by atoms with E-state index in [9.17, 15) is 9.59 Å². The van der Waals surface area contributed by atoms with Gasteiger partial charge in [-0.2, -0.15) is 0 Å². The first-order chi connectivity index (χ1) is 17.3. The number of nitrogens with one attached hydrogen (secondary N) is 1. The van der Waals surface area contributed by atoms with Gasteiger partial charge in [-0.05, 0) is 74.1 Å². The molecule has 0 radical (unpaired) electrons. The predicted octanol–water partition coefficient (Wildman–Crippen LogP) is 5.10. The molecule has 9 heteroatoms. The van der Waals surface area contributed by atoms with E-state index in [2.05, 4.69) is 10.3 Å². The lowest BCUT2D eigenvalue weighted by atomic mass is 9.94. The molecule has 8 nitrogen and oxygen atoms in total. The molecule has 0 saturated carbocycles. The maximum absolute atomic E-state index is 12.9. The summed E-state index contributed by atoms with van der Waals surface area (Å²) in [4.78, 5) is 31.9. The smallest absolute Gasteiger partial charge is 0.338 e. The van der Waals surface area contributed by atoms with Crippen molar-refractivity contribution in [2.24, 2.45) is 4.99 Å². The summed E-state index contributed by atoms with van der Waals surface area (Å²) < 4.78 is 16.7. The zero-order valence-electron chi connectivity index (χ0n) is 21.0. The number of anilines is 1. The summed E-state index contributed by atoms with van der Waals surface area (Å²) in [6.07, 6.45) is 1.90. The lowest BCUT2D eigenvalue weighted by Gasteiger charge is -2.33. The summed E-state index contributed by atoms with van der Waals surface area (Å²) in [6, 6.07) is 10.8. The van der Waals surface area contributed by atoms with E-state index in [4.69, 9.17) is 14.2 Å². The van der Waals surface area contributed by atoms with Crippen molar-refractivity contribution in [1.82, 2.24) is 4.90 Å². The molecule has 2 aromatic carbocycles. The van der Waals surface area contributed by atoms with Gasteiger partial charge in [-0.15, -0.1) is 0 Å². The molecule has 0 aliphatic carbocycles. The molecule has 4 rings (SSSR count). The van der Waals surface area contributed by atoms with Crippen LogP contribution in [0.4, 0.5) is 5.69 Å². The van der Waals surface area contributed by atoms with Crippen molar-refractivity contribution < 1.29 is 23.8 Å². The van der Waals surface area contributed by atoms with Crippen molar-refractivity contribution in [3.05, 3.63) is 76.0 Å². The molecule has 36 heavy (non-hydrogen) atoms. The standard InChI is InChI=1S/C27H29N3O5S/c1-6-34-26(32)24-18(4)28-27-30(9-10-36-27)25(24)19-7-8-21(22(14-19)33-5)35-15-23(31)29-20-12-16(2)11-17(3)13-20/h7-14,25H,6,15H2,1-5H3,(H,29,31)/t25-/m0/s1. The van der Waals surface area contributed by atoms with Gasteiger partial charge in [0.25, 0.3) is 5.91 Å². The minimum absolute atomic E-state index is 0.179. The summed E-state index contributed by atoms with van der Waals surface area (Å²) in [5.74, 6) is 0.191. The Hall–Kier alpha value is -3.72. The normalized spacial score (nSPS) is 16.4. The van der Waals surface area contributed by atoms with Crippen molar-refractivity contribution in [1.29, 1.82) is 0 Å². The summed E-state index contributed by atoms with van der Waals surface area (Å²) in [5, 5.41) is 5.57. The largest absolute Gasteiger partial charge is 0.493 e. The van der Waals surface area contributed by atoms with Gasteiger partial charge in [0.15, 0.2) is 23.3 Å². The minimum atomic E-state index is -0.432. The van der Waals surface area contributed by atoms with E-state index in [1.165, 1.54) is 18.9 Å². The second-order valence-corrected chi connectivity index (χ2v) is 9.32. The zero-order valence-corrected chi connectivity index (χ0v) is 21.8. The van der Waals surface area contributed by atoms with Gasteiger partial charge >= 0.3 is 5.97 Å². The van der Waals surface area contributed by atoms with Gasteiger partial charge in [0.2, 0.25) is 0 Å². The predicted molar refractivity (Wildman–Crippen MR) is 141 cm³/mol. The first-order valence-electron chi connectivity index (χ1n) is 11.6. The van der Waals surface area contributed by atoms with E-state index < -0.39 is 12.0 Å². The number of benzene rings is 2. The van der Waals surface area contributed by atoms with Gasteiger partial charge in [-0.1, -0.05) is 23.9 Å². The van der Waals surface area contributed by atoms with Gasteiger partial charge < -0.3 is 24.4 Å². The van der Waals surface area contributed by atoms with Crippen molar-refractivity contribution >= 4 is 34.5 Å². The molecule has 0 bridgehead atoms. The van der Waals surface area contributed by atoms with Crippen LogP contribution in [0.15, 0.2) is 64.3 Å². The van der Waals surface area contributed by atoms with Gasteiger partial charge in [0.1, 0.15) is 0 Å². The Labute approximate surface area is 215 Å². The maximum atomic E-state index is 12.9. The molecular weight excluding hydrogens is 478 g/mol. The highest BCUT2D eigenvalue weighted by Gasteiger charge is 2.37. The third kappa shape index (κ3) is 5.41. The Morgan fingerprint density at radius 3 is 2.53 bits per heavy atom. The number of amidine groups is 1. The van der Waals surface area contributed by atoms with Crippen LogP contribution < -0.4 is 14.8 Å². The average molecular weight is 508 g/mol. The van der Waals surface area contributed by atoms with Crippen molar-refractivity contribution in [2.75, 3.05) is 25.6 Å². The van der Waals surface area contributed by atoms with Crippen LogP contribution in [0.5, 0.6) is 11.5 Å². The van der Waals surface area contributed by atoms with E-state index in [0.717, 1.165) is 27.5 Å². The van der Waals surface area contributed by atoms with E-state index in [-0.39, 0.29) is 19.1 Å². The van der Waals surface area contributed by atoms with E-state index >= 15 is 0 Å². The quantitative estimate of drug-likeness (QED) is 0.498. The van der Waals surface area contributed by atoms with Crippen LogP contribution in [0.2, 0.25) is 0 Å². The van der Waals surface area contributed by atoms with Crippen LogP contribution in [0, 0.1) is 13.8 Å². The number of thioether (sulfide) groups is 1. The number of nitrogens with zero attached hydrogens (tertiary/aromatic N) is 2. The number of methoxy groups -OCH3 is 1. The van der Waals surface area contributed by atoms with E-state index in [1.807, 2.05) is 67.6 Å². The van der Waals surface area contributed by atoms with Crippen LogP contribution in [0.25, 0.3) is 0 Å². The number of hydrogen-bond donors (Lipinski definition) is 1. The molecule has 2 aromatic rings.